The van der Waals surface area contributed by atoms with Crippen LogP contribution in [-0.2, 0) is 21.5 Å². The summed E-state index contributed by atoms with van der Waals surface area (Å²) in [4.78, 5) is 36.1. The molecule has 0 saturated carbocycles. The van der Waals surface area contributed by atoms with E-state index in [-0.39, 0.29) is 11.8 Å². The first-order chi connectivity index (χ1) is 16.3. The molecule has 1 aliphatic heterocycles. The SMILES string of the molecule is COC(=O)c1ccc(C(C)[C@@]2(C)C(=O)N(Cc3ccc(OC)cc3OC)c3ncncc32)cc1. The highest BCUT2D eigenvalue weighted by molar-refractivity contribution is 6.07. The number of amides is 1. The van der Waals surface area contributed by atoms with Crippen LogP contribution < -0.4 is 14.4 Å². The van der Waals surface area contributed by atoms with Crippen molar-refractivity contribution >= 4 is 17.7 Å². The molecule has 0 spiro atoms. The minimum atomic E-state index is -0.900. The van der Waals surface area contributed by atoms with Gasteiger partial charge >= 0.3 is 5.97 Å². The van der Waals surface area contributed by atoms with E-state index in [1.165, 1.54) is 13.4 Å². The lowest BCUT2D eigenvalue weighted by Crippen LogP contribution is -2.41. The van der Waals surface area contributed by atoms with E-state index in [4.69, 9.17) is 14.2 Å². The number of hydrogen-bond acceptors (Lipinski definition) is 7. The quantitative estimate of drug-likeness (QED) is 0.493. The molecule has 4 rings (SSSR count). The van der Waals surface area contributed by atoms with Crippen LogP contribution in [0, 0.1) is 0 Å². The molecule has 176 valence electrons. The maximum Gasteiger partial charge on any atom is 0.337 e. The summed E-state index contributed by atoms with van der Waals surface area (Å²) in [5.41, 5.74) is 2.07. The number of hydrogen-bond donors (Lipinski definition) is 0. The second-order valence-electron chi connectivity index (χ2n) is 8.37. The van der Waals surface area contributed by atoms with Crippen molar-refractivity contribution in [3.63, 3.8) is 0 Å². The second kappa shape index (κ2) is 9.13. The van der Waals surface area contributed by atoms with E-state index in [2.05, 4.69) is 9.97 Å². The van der Waals surface area contributed by atoms with Gasteiger partial charge in [-0.3, -0.25) is 9.69 Å². The molecule has 0 bridgehead atoms. The van der Waals surface area contributed by atoms with Crippen LogP contribution in [0.5, 0.6) is 11.5 Å². The summed E-state index contributed by atoms with van der Waals surface area (Å²) in [5, 5.41) is 0. The third-order valence-corrected chi connectivity index (χ3v) is 6.72. The number of rotatable bonds is 7. The lowest BCUT2D eigenvalue weighted by molar-refractivity contribution is -0.123. The zero-order chi connectivity index (χ0) is 24.5. The summed E-state index contributed by atoms with van der Waals surface area (Å²) < 4.78 is 15.6. The van der Waals surface area contributed by atoms with E-state index in [9.17, 15) is 9.59 Å². The number of nitrogens with zero attached hydrogens (tertiary/aromatic N) is 3. The molecule has 2 heterocycles. The van der Waals surface area contributed by atoms with Crippen LogP contribution in [0.2, 0.25) is 0 Å². The van der Waals surface area contributed by atoms with Gasteiger partial charge in [0.2, 0.25) is 5.91 Å². The van der Waals surface area contributed by atoms with Gasteiger partial charge in [0.1, 0.15) is 23.6 Å². The van der Waals surface area contributed by atoms with Gasteiger partial charge in [-0.25, -0.2) is 14.8 Å². The van der Waals surface area contributed by atoms with E-state index in [0.717, 1.165) is 16.7 Å². The third kappa shape index (κ3) is 3.75. The molecule has 3 aromatic rings. The summed E-state index contributed by atoms with van der Waals surface area (Å²) in [6, 6.07) is 12.6. The normalized spacial score (nSPS) is 17.8. The Morgan fingerprint density at radius 3 is 2.47 bits per heavy atom. The summed E-state index contributed by atoms with van der Waals surface area (Å²) >= 11 is 0. The first-order valence-electron chi connectivity index (χ1n) is 10.9. The molecule has 34 heavy (non-hydrogen) atoms. The van der Waals surface area contributed by atoms with Gasteiger partial charge in [0.15, 0.2) is 0 Å². The number of aromatic nitrogens is 2. The van der Waals surface area contributed by atoms with Crippen molar-refractivity contribution in [1.29, 1.82) is 0 Å². The van der Waals surface area contributed by atoms with Gasteiger partial charge in [-0.05, 0) is 42.7 Å². The monoisotopic (exact) mass is 461 g/mol. The Morgan fingerprint density at radius 1 is 1.09 bits per heavy atom. The van der Waals surface area contributed by atoms with Gasteiger partial charge in [0, 0.05) is 23.4 Å². The zero-order valence-electron chi connectivity index (χ0n) is 19.9. The highest BCUT2D eigenvalue weighted by Crippen LogP contribution is 2.49. The standard InChI is InChI=1S/C26H27N3O5/c1-16(17-6-8-18(9-7-17)24(30)34-5)26(2)21-13-27-15-28-23(21)29(25(26)31)14-19-10-11-20(32-3)12-22(19)33-4/h6-13,15-16H,14H2,1-5H3/t16?,26-/m1/s1. The van der Waals surface area contributed by atoms with Crippen molar-refractivity contribution in [2.24, 2.45) is 0 Å². The fourth-order valence-corrected chi connectivity index (χ4v) is 4.47. The molecule has 0 aliphatic carbocycles. The van der Waals surface area contributed by atoms with Gasteiger partial charge in [-0.15, -0.1) is 0 Å². The van der Waals surface area contributed by atoms with Crippen LogP contribution in [0.25, 0.3) is 0 Å². The number of carbonyl (C=O) groups is 2. The van der Waals surface area contributed by atoms with Crippen molar-refractivity contribution in [3.05, 3.63) is 77.2 Å². The minimum Gasteiger partial charge on any atom is -0.497 e. The van der Waals surface area contributed by atoms with Crippen molar-refractivity contribution in [2.75, 3.05) is 26.2 Å². The minimum absolute atomic E-state index is 0.0783. The number of benzene rings is 2. The summed E-state index contributed by atoms with van der Waals surface area (Å²) in [6.45, 7) is 4.21. The highest BCUT2D eigenvalue weighted by atomic mass is 16.5. The molecular weight excluding hydrogens is 434 g/mol. The number of methoxy groups -OCH3 is 3. The molecule has 1 aromatic heterocycles. The highest BCUT2D eigenvalue weighted by Gasteiger charge is 2.52. The molecule has 0 radical (unpaired) electrons. The Balaban J connectivity index is 1.71. The number of ether oxygens (including phenoxy) is 3. The van der Waals surface area contributed by atoms with Crippen LogP contribution in [0.4, 0.5) is 5.82 Å². The smallest absolute Gasteiger partial charge is 0.337 e. The van der Waals surface area contributed by atoms with Crippen LogP contribution in [0.1, 0.15) is 46.8 Å². The lowest BCUT2D eigenvalue weighted by atomic mass is 9.71. The zero-order valence-corrected chi connectivity index (χ0v) is 19.9. The Labute approximate surface area is 198 Å². The van der Waals surface area contributed by atoms with E-state index in [0.29, 0.717) is 29.4 Å². The molecule has 0 N–H and O–H groups in total. The maximum absolute atomic E-state index is 14.0. The average Bonchev–Trinajstić information content (AvgIpc) is 3.10. The lowest BCUT2D eigenvalue weighted by Gasteiger charge is -2.31. The van der Waals surface area contributed by atoms with Crippen LogP contribution >= 0.6 is 0 Å². The van der Waals surface area contributed by atoms with Crippen LogP contribution in [0.15, 0.2) is 55.0 Å². The van der Waals surface area contributed by atoms with E-state index < -0.39 is 11.4 Å². The van der Waals surface area contributed by atoms with Gasteiger partial charge in [-0.1, -0.05) is 19.1 Å². The fourth-order valence-electron chi connectivity index (χ4n) is 4.47. The van der Waals surface area contributed by atoms with Crippen LogP contribution in [0.3, 0.4) is 0 Å². The third-order valence-electron chi connectivity index (χ3n) is 6.72. The molecule has 2 aromatic carbocycles. The van der Waals surface area contributed by atoms with Gasteiger partial charge in [0.25, 0.3) is 0 Å². The van der Waals surface area contributed by atoms with Gasteiger partial charge < -0.3 is 14.2 Å². The number of anilines is 1. The molecule has 0 saturated heterocycles. The number of esters is 1. The van der Waals surface area contributed by atoms with Crippen molar-refractivity contribution in [2.45, 2.75) is 31.7 Å². The molecule has 1 amide bonds. The van der Waals surface area contributed by atoms with E-state index >= 15 is 0 Å². The van der Waals surface area contributed by atoms with E-state index in [1.54, 1.807) is 43.5 Å². The van der Waals surface area contributed by atoms with Crippen molar-refractivity contribution in [1.82, 2.24) is 9.97 Å². The molecule has 1 unspecified atom stereocenters. The summed E-state index contributed by atoms with van der Waals surface area (Å²) in [7, 11) is 4.53. The Kier molecular flexibility index (Phi) is 6.24. The Bertz CT molecular complexity index is 1230. The maximum atomic E-state index is 14.0. The van der Waals surface area contributed by atoms with Gasteiger partial charge in [-0.2, -0.15) is 0 Å². The fraction of sp³-hybridized carbons (Fsp3) is 0.308. The van der Waals surface area contributed by atoms with Crippen molar-refractivity contribution < 1.29 is 23.8 Å². The van der Waals surface area contributed by atoms with Gasteiger partial charge in [0.05, 0.1) is 38.9 Å². The van der Waals surface area contributed by atoms with E-state index in [1.807, 2.05) is 38.1 Å². The number of fused-ring (bicyclic) bond motifs is 1. The predicted molar refractivity (Wildman–Crippen MR) is 126 cm³/mol. The first-order valence-corrected chi connectivity index (χ1v) is 10.9. The summed E-state index contributed by atoms with van der Waals surface area (Å²) in [5.74, 6) is 1.19. The number of carbonyl (C=O) groups excluding carboxylic acids is 2. The molecule has 8 heteroatoms. The second-order valence-corrected chi connectivity index (χ2v) is 8.37. The molecule has 8 nitrogen and oxygen atoms in total. The molecular formula is C26H27N3O5. The topological polar surface area (TPSA) is 90.9 Å². The largest absolute Gasteiger partial charge is 0.497 e. The molecule has 2 atom stereocenters. The van der Waals surface area contributed by atoms with Crippen molar-refractivity contribution in [3.8, 4) is 11.5 Å². The predicted octanol–water partition coefficient (Wildman–Crippen LogP) is 3.89. The molecule has 0 fully saturated rings. The first kappa shape index (κ1) is 23.2. The molecule has 1 aliphatic rings. The average molecular weight is 462 g/mol. The van der Waals surface area contributed by atoms with Crippen LogP contribution in [-0.4, -0.2) is 43.2 Å². The summed E-state index contributed by atoms with van der Waals surface area (Å²) in [6.07, 6.45) is 3.16. The Hall–Kier alpha value is -3.94. The Morgan fingerprint density at radius 2 is 1.82 bits per heavy atom.